The van der Waals surface area contributed by atoms with Crippen molar-refractivity contribution in [1.29, 1.82) is 0 Å². The Labute approximate surface area is 98.2 Å². The Balaban J connectivity index is 0.00000256. The highest BCUT2D eigenvalue weighted by atomic mass is 16.4. The Hall–Kier alpha value is -2.08. The zero-order chi connectivity index (χ0) is 12.1. The molecule has 0 bridgehead atoms. The molecule has 94 valence electrons. The van der Waals surface area contributed by atoms with Gasteiger partial charge in [0, 0.05) is 13.3 Å². The predicted molar refractivity (Wildman–Crippen MR) is 60.7 cm³/mol. The molecular weight excluding hydrogens is 226 g/mol. The van der Waals surface area contributed by atoms with E-state index in [-0.39, 0.29) is 23.6 Å². The summed E-state index contributed by atoms with van der Waals surface area (Å²) < 4.78 is 0. The SMILES string of the molecule is CC(=O)NC(Cc1ccc(O)cc1)C(=O)O.O. The van der Waals surface area contributed by atoms with E-state index in [2.05, 4.69) is 5.32 Å². The first kappa shape index (κ1) is 14.9. The average molecular weight is 241 g/mol. The van der Waals surface area contributed by atoms with Gasteiger partial charge in [0.25, 0.3) is 0 Å². The monoisotopic (exact) mass is 241 g/mol. The number of rotatable bonds is 4. The molecule has 1 atom stereocenters. The first-order chi connectivity index (χ1) is 7.49. The number of phenols is 1. The van der Waals surface area contributed by atoms with Crippen LogP contribution >= 0.6 is 0 Å². The topological polar surface area (TPSA) is 118 Å². The van der Waals surface area contributed by atoms with Crippen molar-refractivity contribution in [1.82, 2.24) is 5.32 Å². The van der Waals surface area contributed by atoms with Gasteiger partial charge in [-0.25, -0.2) is 4.79 Å². The minimum Gasteiger partial charge on any atom is -0.508 e. The number of hydrogen-bond donors (Lipinski definition) is 3. The molecule has 0 aliphatic rings. The summed E-state index contributed by atoms with van der Waals surface area (Å²) in [6, 6.07) is 5.24. The molecule has 17 heavy (non-hydrogen) atoms. The van der Waals surface area contributed by atoms with Crippen molar-refractivity contribution in [3.05, 3.63) is 29.8 Å². The Morgan fingerprint density at radius 2 is 1.82 bits per heavy atom. The van der Waals surface area contributed by atoms with Gasteiger partial charge in [-0.2, -0.15) is 0 Å². The molecule has 0 radical (unpaired) electrons. The van der Waals surface area contributed by atoms with Gasteiger partial charge in [0.15, 0.2) is 0 Å². The van der Waals surface area contributed by atoms with E-state index in [1.807, 2.05) is 0 Å². The van der Waals surface area contributed by atoms with Crippen LogP contribution in [-0.4, -0.2) is 33.6 Å². The quantitative estimate of drug-likeness (QED) is 0.670. The average Bonchev–Trinajstić information content (AvgIpc) is 2.19. The summed E-state index contributed by atoms with van der Waals surface area (Å²) in [6.45, 7) is 1.27. The third-order valence-corrected chi connectivity index (χ3v) is 2.05. The number of carbonyl (C=O) groups excluding carboxylic acids is 1. The highest BCUT2D eigenvalue weighted by Gasteiger charge is 2.18. The molecule has 1 aromatic rings. The molecule has 0 saturated heterocycles. The van der Waals surface area contributed by atoms with Crippen molar-refractivity contribution < 1.29 is 25.3 Å². The van der Waals surface area contributed by atoms with Crippen LogP contribution in [0.5, 0.6) is 5.75 Å². The van der Waals surface area contributed by atoms with Gasteiger partial charge in [-0.15, -0.1) is 0 Å². The predicted octanol–water partition coefficient (Wildman–Crippen LogP) is -0.301. The van der Waals surface area contributed by atoms with Crippen molar-refractivity contribution in [3.8, 4) is 5.75 Å². The first-order valence-electron chi connectivity index (χ1n) is 4.77. The standard InChI is InChI=1S/C11H13NO4.H2O/c1-7(13)12-10(11(15)16)6-8-2-4-9(14)5-3-8;/h2-5,10,14H,6H2,1H3,(H,12,13)(H,15,16);1H2. The van der Waals surface area contributed by atoms with Gasteiger partial charge in [0.05, 0.1) is 0 Å². The van der Waals surface area contributed by atoms with E-state index < -0.39 is 12.0 Å². The second-order valence-electron chi connectivity index (χ2n) is 3.46. The van der Waals surface area contributed by atoms with Gasteiger partial charge in [-0.05, 0) is 17.7 Å². The van der Waals surface area contributed by atoms with Crippen molar-refractivity contribution >= 4 is 11.9 Å². The Kier molecular flexibility index (Phi) is 5.70. The normalized spacial score (nSPS) is 11.1. The fourth-order valence-electron chi connectivity index (χ4n) is 1.31. The molecule has 0 aliphatic carbocycles. The fourth-order valence-corrected chi connectivity index (χ4v) is 1.31. The number of amides is 1. The second-order valence-corrected chi connectivity index (χ2v) is 3.46. The van der Waals surface area contributed by atoms with Gasteiger partial charge in [-0.3, -0.25) is 4.79 Å². The number of hydrogen-bond acceptors (Lipinski definition) is 3. The number of nitrogens with one attached hydrogen (secondary N) is 1. The highest BCUT2D eigenvalue weighted by Crippen LogP contribution is 2.11. The Morgan fingerprint density at radius 1 is 1.29 bits per heavy atom. The van der Waals surface area contributed by atoms with Gasteiger partial charge in [0.2, 0.25) is 5.91 Å². The third-order valence-electron chi connectivity index (χ3n) is 2.05. The zero-order valence-corrected chi connectivity index (χ0v) is 9.30. The smallest absolute Gasteiger partial charge is 0.326 e. The zero-order valence-electron chi connectivity index (χ0n) is 9.30. The van der Waals surface area contributed by atoms with Crippen molar-refractivity contribution in [2.45, 2.75) is 19.4 Å². The highest BCUT2D eigenvalue weighted by molar-refractivity contribution is 5.82. The number of carboxylic acid groups (broad SMARTS) is 1. The molecule has 0 aromatic heterocycles. The molecule has 6 heteroatoms. The molecule has 6 nitrogen and oxygen atoms in total. The second kappa shape index (κ2) is 6.49. The summed E-state index contributed by atoms with van der Waals surface area (Å²) in [5.74, 6) is -1.34. The fraction of sp³-hybridized carbons (Fsp3) is 0.273. The molecule has 1 aromatic carbocycles. The van der Waals surface area contributed by atoms with Crippen LogP contribution in [0, 0.1) is 0 Å². The summed E-state index contributed by atoms with van der Waals surface area (Å²) in [5, 5.41) is 20.3. The van der Waals surface area contributed by atoms with Gasteiger partial charge < -0.3 is 21.0 Å². The maximum atomic E-state index is 10.8. The van der Waals surface area contributed by atoms with E-state index in [1.165, 1.54) is 19.1 Å². The first-order valence-corrected chi connectivity index (χ1v) is 4.77. The minimum atomic E-state index is -1.08. The van der Waals surface area contributed by atoms with Gasteiger partial charge in [0.1, 0.15) is 11.8 Å². The lowest BCUT2D eigenvalue weighted by Crippen LogP contribution is -2.41. The molecule has 5 N–H and O–H groups in total. The maximum absolute atomic E-state index is 10.8. The van der Waals surface area contributed by atoms with E-state index in [9.17, 15) is 9.59 Å². The number of aliphatic carboxylic acids is 1. The van der Waals surface area contributed by atoms with Gasteiger partial charge >= 0.3 is 5.97 Å². The van der Waals surface area contributed by atoms with Crippen LogP contribution in [0.25, 0.3) is 0 Å². The number of carbonyl (C=O) groups is 2. The molecule has 1 amide bonds. The van der Waals surface area contributed by atoms with Crippen LogP contribution in [-0.2, 0) is 16.0 Å². The lowest BCUT2D eigenvalue weighted by molar-refractivity contribution is -0.141. The molecule has 0 spiro atoms. The summed E-state index contributed by atoms with van der Waals surface area (Å²) in [6.07, 6.45) is 0.190. The van der Waals surface area contributed by atoms with Crippen LogP contribution < -0.4 is 5.32 Å². The van der Waals surface area contributed by atoms with Crippen LogP contribution in [0.3, 0.4) is 0 Å². The number of aromatic hydroxyl groups is 1. The molecule has 0 aliphatic heterocycles. The number of phenolic OH excluding ortho intramolecular Hbond substituents is 1. The van der Waals surface area contributed by atoms with Crippen molar-refractivity contribution in [3.63, 3.8) is 0 Å². The largest absolute Gasteiger partial charge is 0.508 e. The van der Waals surface area contributed by atoms with E-state index in [0.717, 1.165) is 5.56 Å². The Morgan fingerprint density at radius 3 is 2.24 bits per heavy atom. The molecule has 1 unspecified atom stereocenters. The summed E-state index contributed by atoms with van der Waals surface area (Å²) in [5.41, 5.74) is 0.735. The summed E-state index contributed by atoms with van der Waals surface area (Å²) in [7, 11) is 0. The van der Waals surface area contributed by atoms with E-state index >= 15 is 0 Å². The molecule has 0 fully saturated rings. The molecule has 1 rings (SSSR count). The van der Waals surface area contributed by atoms with Gasteiger partial charge in [-0.1, -0.05) is 12.1 Å². The molecule has 0 saturated carbocycles. The van der Waals surface area contributed by atoms with Crippen LogP contribution in [0.1, 0.15) is 12.5 Å². The minimum absolute atomic E-state index is 0. The van der Waals surface area contributed by atoms with Crippen molar-refractivity contribution in [2.24, 2.45) is 0 Å². The van der Waals surface area contributed by atoms with E-state index in [4.69, 9.17) is 10.2 Å². The van der Waals surface area contributed by atoms with E-state index in [1.54, 1.807) is 12.1 Å². The number of benzene rings is 1. The Bertz CT molecular complexity index is 387. The third kappa shape index (κ3) is 4.98. The molecule has 0 heterocycles. The number of carboxylic acids is 1. The van der Waals surface area contributed by atoms with Crippen LogP contribution in [0.15, 0.2) is 24.3 Å². The lowest BCUT2D eigenvalue weighted by Gasteiger charge is -2.13. The summed E-state index contributed by atoms with van der Waals surface area (Å²) >= 11 is 0. The molecular formula is C11H15NO5. The van der Waals surface area contributed by atoms with E-state index in [0.29, 0.717) is 0 Å². The van der Waals surface area contributed by atoms with Crippen LogP contribution in [0.4, 0.5) is 0 Å². The summed E-state index contributed by atoms with van der Waals surface area (Å²) in [4.78, 5) is 21.6. The maximum Gasteiger partial charge on any atom is 0.326 e. The lowest BCUT2D eigenvalue weighted by atomic mass is 10.1. The van der Waals surface area contributed by atoms with Crippen LogP contribution in [0.2, 0.25) is 0 Å². The van der Waals surface area contributed by atoms with Crippen molar-refractivity contribution in [2.75, 3.05) is 0 Å².